The largest absolute Gasteiger partial charge is 0.497 e. The number of nitrogens with one attached hydrogen (secondary N) is 1. The fourth-order valence-corrected chi connectivity index (χ4v) is 2.35. The zero-order chi connectivity index (χ0) is 15.1. The molecule has 2 aromatic rings. The van der Waals surface area contributed by atoms with Crippen molar-refractivity contribution >= 4 is 0 Å². The second kappa shape index (κ2) is 7.70. The van der Waals surface area contributed by atoms with Crippen LogP contribution >= 0.6 is 0 Å². The van der Waals surface area contributed by atoms with Crippen molar-refractivity contribution in [3.63, 3.8) is 0 Å². The normalized spacial score (nSPS) is 12.0. The molecule has 21 heavy (non-hydrogen) atoms. The van der Waals surface area contributed by atoms with Crippen LogP contribution in [0.4, 0.5) is 0 Å². The minimum atomic E-state index is 0.183. The van der Waals surface area contributed by atoms with Gasteiger partial charge in [-0.05, 0) is 36.7 Å². The number of hydrogen-bond donors (Lipinski definition) is 1. The molecular formula is C18H23NO2. The van der Waals surface area contributed by atoms with Crippen molar-refractivity contribution in [1.82, 2.24) is 5.32 Å². The van der Waals surface area contributed by atoms with Gasteiger partial charge in [-0.2, -0.15) is 0 Å². The maximum absolute atomic E-state index is 5.93. The number of methoxy groups -OCH3 is 1. The van der Waals surface area contributed by atoms with E-state index in [0.717, 1.165) is 18.0 Å². The lowest BCUT2D eigenvalue weighted by atomic mass is 10.0. The molecule has 0 fully saturated rings. The van der Waals surface area contributed by atoms with Gasteiger partial charge in [0.15, 0.2) is 0 Å². The summed E-state index contributed by atoms with van der Waals surface area (Å²) in [4.78, 5) is 0. The molecule has 0 radical (unpaired) electrons. The summed E-state index contributed by atoms with van der Waals surface area (Å²) in [6.07, 6.45) is 0. The molecule has 2 rings (SSSR count). The van der Waals surface area contributed by atoms with Crippen LogP contribution in [-0.2, 0) is 0 Å². The third-order valence-electron chi connectivity index (χ3n) is 3.47. The SMILES string of the molecule is CCNC(COc1cccc(OC)c1)c1ccccc1C. The molecule has 3 nitrogen and oxygen atoms in total. The second-order valence-electron chi connectivity index (χ2n) is 4.96. The number of hydrogen-bond acceptors (Lipinski definition) is 3. The third kappa shape index (κ3) is 4.23. The van der Waals surface area contributed by atoms with Crippen LogP contribution in [0.3, 0.4) is 0 Å². The lowest BCUT2D eigenvalue weighted by Gasteiger charge is -2.21. The Hall–Kier alpha value is -2.00. The summed E-state index contributed by atoms with van der Waals surface area (Å²) in [5.41, 5.74) is 2.56. The van der Waals surface area contributed by atoms with Crippen LogP contribution in [0.25, 0.3) is 0 Å². The van der Waals surface area contributed by atoms with E-state index < -0.39 is 0 Å². The van der Waals surface area contributed by atoms with Crippen LogP contribution in [0, 0.1) is 6.92 Å². The fraction of sp³-hybridized carbons (Fsp3) is 0.333. The molecule has 0 spiro atoms. The zero-order valence-corrected chi connectivity index (χ0v) is 12.9. The van der Waals surface area contributed by atoms with Gasteiger partial charge in [-0.3, -0.25) is 0 Å². The van der Waals surface area contributed by atoms with E-state index >= 15 is 0 Å². The molecule has 0 heterocycles. The fourth-order valence-electron chi connectivity index (χ4n) is 2.35. The standard InChI is InChI=1S/C18H23NO2/c1-4-19-18(17-11-6-5-8-14(17)2)13-21-16-10-7-9-15(12-16)20-3/h5-12,18-19H,4,13H2,1-3H3. The smallest absolute Gasteiger partial charge is 0.123 e. The Morgan fingerprint density at radius 2 is 1.81 bits per heavy atom. The van der Waals surface area contributed by atoms with E-state index in [4.69, 9.17) is 9.47 Å². The van der Waals surface area contributed by atoms with Gasteiger partial charge in [0, 0.05) is 6.07 Å². The maximum Gasteiger partial charge on any atom is 0.123 e. The Morgan fingerprint density at radius 3 is 2.52 bits per heavy atom. The molecule has 1 unspecified atom stereocenters. The quantitative estimate of drug-likeness (QED) is 0.840. The molecule has 1 atom stereocenters. The summed E-state index contributed by atoms with van der Waals surface area (Å²) in [5.74, 6) is 1.63. The number of ether oxygens (including phenoxy) is 2. The zero-order valence-electron chi connectivity index (χ0n) is 12.9. The van der Waals surface area contributed by atoms with E-state index in [1.54, 1.807) is 7.11 Å². The van der Waals surface area contributed by atoms with Gasteiger partial charge in [-0.15, -0.1) is 0 Å². The monoisotopic (exact) mass is 285 g/mol. The van der Waals surface area contributed by atoms with Crippen LogP contribution in [0.15, 0.2) is 48.5 Å². The molecule has 0 aliphatic heterocycles. The molecule has 1 N–H and O–H groups in total. The van der Waals surface area contributed by atoms with Gasteiger partial charge in [0.2, 0.25) is 0 Å². The first-order chi connectivity index (χ1) is 10.2. The van der Waals surface area contributed by atoms with Gasteiger partial charge < -0.3 is 14.8 Å². The Labute approximate surface area is 126 Å². The van der Waals surface area contributed by atoms with Crippen molar-refractivity contribution in [2.24, 2.45) is 0 Å². The summed E-state index contributed by atoms with van der Waals surface area (Å²) in [5, 5.41) is 3.48. The molecular weight excluding hydrogens is 262 g/mol. The van der Waals surface area contributed by atoms with Crippen molar-refractivity contribution in [2.45, 2.75) is 19.9 Å². The van der Waals surface area contributed by atoms with Crippen molar-refractivity contribution in [3.05, 3.63) is 59.7 Å². The highest BCUT2D eigenvalue weighted by molar-refractivity contribution is 5.33. The molecule has 112 valence electrons. The highest BCUT2D eigenvalue weighted by atomic mass is 16.5. The topological polar surface area (TPSA) is 30.5 Å². The average Bonchev–Trinajstić information content (AvgIpc) is 2.52. The molecule has 0 bridgehead atoms. The minimum absolute atomic E-state index is 0.183. The predicted molar refractivity (Wildman–Crippen MR) is 86.1 cm³/mol. The molecule has 0 saturated carbocycles. The molecule has 0 aliphatic rings. The van der Waals surface area contributed by atoms with E-state index in [2.05, 4.69) is 43.4 Å². The molecule has 3 heteroatoms. The number of likely N-dealkylation sites (N-methyl/N-ethyl adjacent to an activating group) is 1. The van der Waals surface area contributed by atoms with Gasteiger partial charge in [0.25, 0.3) is 0 Å². The Bertz CT molecular complexity index is 569. The Balaban J connectivity index is 2.08. The van der Waals surface area contributed by atoms with Gasteiger partial charge in [-0.25, -0.2) is 0 Å². The number of benzene rings is 2. The van der Waals surface area contributed by atoms with Gasteiger partial charge in [0.1, 0.15) is 18.1 Å². The van der Waals surface area contributed by atoms with Gasteiger partial charge >= 0.3 is 0 Å². The lowest BCUT2D eigenvalue weighted by Crippen LogP contribution is -2.27. The van der Waals surface area contributed by atoms with E-state index in [1.165, 1.54) is 11.1 Å². The molecule has 0 aromatic heterocycles. The molecule has 0 amide bonds. The van der Waals surface area contributed by atoms with E-state index in [0.29, 0.717) is 6.61 Å². The Morgan fingerprint density at radius 1 is 1.05 bits per heavy atom. The van der Waals surface area contributed by atoms with Gasteiger partial charge in [-0.1, -0.05) is 37.3 Å². The predicted octanol–water partition coefficient (Wildman–Crippen LogP) is 3.73. The summed E-state index contributed by atoms with van der Waals surface area (Å²) in [6.45, 7) is 5.73. The van der Waals surface area contributed by atoms with Crippen LogP contribution in [0.1, 0.15) is 24.1 Å². The first kappa shape index (κ1) is 15.4. The summed E-state index contributed by atoms with van der Waals surface area (Å²) < 4.78 is 11.1. The highest BCUT2D eigenvalue weighted by Crippen LogP contribution is 2.22. The summed E-state index contributed by atoms with van der Waals surface area (Å²) in [6, 6.07) is 16.3. The molecule has 0 aliphatic carbocycles. The highest BCUT2D eigenvalue weighted by Gasteiger charge is 2.13. The lowest BCUT2D eigenvalue weighted by molar-refractivity contribution is 0.266. The first-order valence-electron chi connectivity index (χ1n) is 7.30. The van der Waals surface area contributed by atoms with Crippen molar-refractivity contribution in [3.8, 4) is 11.5 Å². The van der Waals surface area contributed by atoms with Crippen LogP contribution in [-0.4, -0.2) is 20.3 Å². The maximum atomic E-state index is 5.93. The van der Waals surface area contributed by atoms with Gasteiger partial charge in [0.05, 0.1) is 13.2 Å². The molecule has 2 aromatic carbocycles. The van der Waals surface area contributed by atoms with Crippen LogP contribution in [0.5, 0.6) is 11.5 Å². The van der Waals surface area contributed by atoms with Crippen LogP contribution < -0.4 is 14.8 Å². The van der Waals surface area contributed by atoms with Crippen LogP contribution in [0.2, 0.25) is 0 Å². The number of rotatable bonds is 7. The summed E-state index contributed by atoms with van der Waals surface area (Å²) in [7, 11) is 1.66. The Kier molecular flexibility index (Phi) is 5.64. The van der Waals surface area contributed by atoms with Crippen molar-refractivity contribution < 1.29 is 9.47 Å². The average molecular weight is 285 g/mol. The second-order valence-corrected chi connectivity index (χ2v) is 4.96. The molecule has 0 saturated heterocycles. The summed E-state index contributed by atoms with van der Waals surface area (Å²) >= 11 is 0. The van der Waals surface area contributed by atoms with E-state index in [9.17, 15) is 0 Å². The van der Waals surface area contributed by atoms with Crippen molar-refractivity contribution in [1.29, 1.82) is 0 Å². The minimum Gasteiger partial charge on any atom is -0.497 e. The van der Waals surface area contributed by atoms with E-state index in [-0.39, 0.29) is 6.04 Å². The third-order valence-corrected chi connectivity index (χ3v) is 3.47. The number of aryl methyl sites for hydroxylation is 1. The van der Waals surface area contributed by atoms with Crippen molar-refractivity contribution in [2.75, 3.05) is 20.3 Å². The first-order valence-corrected chi connectivity index (χ1v) is 7.30. The van der Waals surface area contributed by atoms with E-state index in [1.807, 2.05) is 24.3 Å².